The first-order valence-electron chi connectivity index (χ1n) is 7.58. The van der Waals surface area contributed by atoms with Gasteiger partial charge in [-0.1, -0.05) is 12.1 Å². The minimum atomic E-state index is -0.329. The van der Waals surface area contributed by atoms with Crippen LogP contribution in [0.4, 0.5) is 0 Å². The average molecular weight is 291 g/mol. The van der Waals surface area contributed by atoms with Gasteiger partial charge in [0.2, 0.25) is 0 Å². The number of carbonyl (C=O) groups excluding carboxylic acids is 1. The fraction of sp³-hybridized carbons (Fsp3) is 0.562. The summed E-state index contributed by atoms with van der Waals surface area (Å²) < 4.78 is 5.78. The van der Waals surface area contributed by atoms with Crippen molar-refractivity contribution in [3.8, 4) is 5.75 Å². The van der Waals surface area contributed by atoms with Gasteiger partial charge < -0.3 is 4.74 Å². The normalized spacial score (nSPS) is 14.5. The maximum atomic E-state index is 11.7. The number of para-hydroxylation sites is 1. The highest BCUT2D eigenvalue weighted by molar-refractivity contribution is 5.96. The molecule has 21 heavy (non-hydrogen) atoms. The molecule has 0 heterocycles. The number of carbonyl (C=O) groups is 1. The van der Waals surface area contributed by atoms with Crippen LogP contribution in [0.1, 0.15) is 37.0 Å². The molecule has 0 spiro atoms. The van der Waals surface area contributed by atoms with Crippen molar-refractivity contribution in [1.82, 2.24) is 10.3 Å². The van der Waals surface area contributed by atoms with Gasteiger partial charge in [0.1, 0.15) is 12.4 Å². The van der Waals surface area contributed by atoms with Gasteiger partial charge in [-0.25, -0.2) is 5.84 Å². The monoisotopic (exact) mass is 291 g/mol. The summed E-state index contributed by atoms with van der Waals surface area (Å²) in [6, 6.07) is 7.67. The Morgan fingerprint density at radius 3 is 2.76 bits per heavy atom. The Bertz CT molecular complexity index is 472. The highest BCUT2D eigenvalue weighted by Gasteiger charge is 2.25. The van der Waals surface area contributed by atoms with Crippen LogP contribution in [0.15, 0.2) is 24.3 Å². The molecule has 3 N–H and O–H groups in total. The number of hydrazine groups is 1. The number of amides is 1. The molecule has 2 rings (SSSR count). The zero-order valence-electron chi connectivity index (χ0n) is 12.8. The summed E-state index contributed by atoms with van der Waals surface area (Å²) in [6.45, 7) is 6.99. The number of hydrogen-bond donors (Lipinski definition) is 2. The molecule has 1 aromatic carbocycles. The fourth-order valence-electron chi connectivity index (χ4n) is 2.32. The van der Waals surface area contributed by atoms with E-state index in [9.17, 15) is 4.79 Å². The summed E-state index contributed by atoms with van der Waals surface area (Å²) in [7, 11) is 0. The lowest BCUT2D eigenvalue weighted by atomic mass is 10.2. The summed E-state index contributed by atoms with van der Waals surface area (Å²) >= 11 is 0. The quantitative estimate of drug-likeness (QED) is 0.435. The van der Waals surface area contributed by atoms with Gasteiger partial charge in [-0.15, -0.1) is 0 Å². The standard InChI is InChI=1S/C16H25N3O2/c1-12(2)19(11-13-7-8-13)9-10-21-15-6-4-3-5-14(15)16(20)18-17/h3-6,12-13H,7-11,17H2,1-2H3,(H,18,20). The third kappa shape index (κ3) is 4.72. The first-order chi connectivity index (χ1) is 10.1. The van der Waals surface area contributed by atoms with Crippen LogP contribution >= 0.6 is 0 Å². The molecule has 5 heteroatoms. The van der Waals surface area contributed by atoms with Crippen molar-refractivity contribution >= 4 is 5.91 Å². The highest BCUT2D eigenvalue weighted by atomic mass is 16.5. The van der Waals surface area contributed by atoms with Gasteiger partial charge in [-0.2, -0.15) is 0 Å². The van der Waals surface area contributed by atoms with Gasteiger partial charge in [-0.3, -0.25) is 15.1 Å². The summed E-state index contributed by atoms with van der Waals surface area (Å²) in [5.41, 5.74) is 2.61. The first-order valence-corrected chi connectivity index (χ1v) is 7.58. The van der Waals surface area contributed by atoms with Gasteiger partial charge >= 0.3 is 0 Å². The Morgan fingerprint density at radius 1 is 1.43 bits per heavy atom. The molecule has 1 saturated carbocycles. The van der Waals surface area contributed by atoms with Crippen molar-refractivity contribution < 1.29 is 9.53 Å². The number of nitrogens with zero attached hydrogens (tertiary/aromatic N) is 1. The van der Waals surface area contributed by atoms with E-state index in [0.29, 0.717) is 24.0 Å². The Hall–Kier alpha value is -1.59. The van der Waals surface area contributed by atoms with Crippen LogP contribution in [0.5, 0.6) is 5.75 Å². The van der Waals surface area contributed by atoms with Gasteiger partial charge in [0.05, 0.1) is 5.56 Å². The zero-order chi connectivity index (χ0) is 15.2. The number of hydrogen-bond acceptors (Lipinski definition) is 4. The van der Waals surface area contributed by atoms with Crippen LogP contribution in [-0.4, -0.2) is 36.5 Å². The van der Waals surface area contributed by atoms with E-state index in [1.165, 1.54) is 12.8 Å². The van der Waals surface area contributed by atoms with Crippen molar-refractivity contribution in [1.29, 1.82) is 0 Å². The minimum absolute atomic E-state index is 0.329. The molecule has 1 aliphatic carbocycles. The summed E-state index contributed by atoms with van der Waals surface area (Å²) in [6.07, 6.45) is 2.70. The number of rotatable bonds is 8. The molecule has 0 radical (unpaired) electrons. The third-order valence-electron chi connectivity index (χ3n) is 3.82. The molecule has 5 nitrogen and oxygen atoms in total. The molecule has 1 amide bonds. The number of nitrogens with one attached hydrogen (secondary N) is 1. The lowest BCUT2D eigenvalue weighted by Gasteiger charge is -2.26. The molecule has 0 saturated heterocycles. The van der Waals surface area contributed by atoms with Crippen molar-refractivity contribution in [3.05, 3.63) is 29.8 Å². The van der Waals surface area contributed by atoms with E-state index >= 15 is 0 Å². The smallest absolute Gasteiger partial charge is 0.268 e. The third-order valence-corrected chi connectivity index (χ3v) is 3.82. The molecule has 0 aliphatic heterocycles. The summed E-state index contributed by atoms with van der Waals surface area (Å²) in [5, 5.41) is 0. The van der Waals surface area contributed by atoms with Crippen LogP contribution in [0, 0.1) is 5.92 Å². The lowest BCUT2D eigenvalue weighted by Crippen LogP contribution is -2.36. The van der Waals surface area contributed by atoms with E-state index in [1.807, 2.05) is 6.07 Å². The maximum absolute atomic E-state index is 11.7. The summed E-state index contributed by atoms with van der Waals surface area (Å²) in [5.74, 6) is 6.30. The van der Waals surface area contributed by atoms with Crippen LogP contribution in [0.25, 0.3) is 0 Å². The van der Waals surface area contributed by atoms with E-state index in [2.05, 4.69) is 24.2 Å². The van der Waals surface area contributed by atoms with Crippen molar-refractivity contribution in [2.24, 2.45) is 11.8 Å². The molecule has 0 bridgehead atoms. The second kappa shape index (κ2) is 7.43. The molecule has 1 aromatic rings. The zero-order valence-corrected chi connectivity index (χ0v) is 12.8. The van der Waals surface area contributed by atoms with Crippen LogP contribution < -0.4 is 16.0 Å². The fourth-order valence-corrected chi connectivity index (χ4v) is 2.32. The topological polar surface area (TPSA) is 67.6 Å². The molecular formula is C16H25N3O2. The van der Waals surface area contributed by atoms with E-state index in [-0.39, 0.29) is 5.91 Å². The molecule has 1 aliphatic rings. The van der Waals surface area contributed by atoms with Crippen LogP contribution in [0.3, 0.4) is 0 Å². The Labute approximate surface area is 126 Å². The minimum Gasteiger partial charge on any atom is -0.491 e. The SMILES string of the molecule is CC(C)N(CCOc1ccccc1C(=O)NN)CC1CC1. The summed E-state index contributed by atoms with van der Waals surface area (Å²) in [4.78, 5) is 14.1. The number of benzene rings is 1. The van der Waals surface area contributed by atoms with Gasteiger partial charge in [0, 0.05) is 19.1 Å². The second-order valence-electron chi connectivity index (χ2n) is 5.85. The van der Waals surface area contributed by atoms with Crippen LogP contribution in [0.2, 0.25) is 0 Å². The Kier molecular flexibility index (Phi) is 5.59. The van der Waals surface area contributed by atoms with Gasteiger partial charge in [0.25, 0.3) is 5.91 Å². The van der Waals surface area contributed by atoms with Crippen molar-refractivity contribution in [2.45, 2.75) is 32.7 Å². The Morgan fingerprint density at radius 2 is 2.14 bits per heavy atom. The van der Waals surface area contributed by atoms with Gasteiger partial charge in [-0.05, 0) is 44.7 Å². The van der Waals surface area contributed by atoms with E-state index in [0.717, 1.165) is 19.0 Å². The van der Waals surface area contributed by atoms with Gasteiger partial charge in [0.15, 0.2) is 0 Å². The first kappa shape index (κ1) is 15.8. The molecule has 0 unspecified atom stereocenters. The van der Waals surface area contributed by atoms with E-state index in [4.69, 9.17) is 10.6 Å². The maximum Gasteiger partial charge on any atom is 0.268 e. The molecule has 1 fully saturated rings. The van der Waals surface area contributed by atoms with E-state index in [1.54, 1.807) is 18.2 Å². The number of ether oxygens (including phenoxy) is 1. The largest absolute Gasteiger partial charge is 0.491 e. The molecule has 0 aromatic heterocycles. The number of nitrogen functional groups attached to an aromatic ring is 1. The van der Waals surface area contributed by atoms with E-state index < -0.39 is 0 Å². The molecule has 0 atom stereocenters. The van der Waals surface area contributed by atoms with Crippen molar-refractivity contribution in [3.63, 3.8) is 0 Å². The Balaban J connectivity index is 1.88. The second-order valence-corrected chi connectivity index (χ2v) is 5.85. The predicted octanol–water partition coefficient (Wildman–Crippen LogP) is 1.79. The molecule has 116 valence electrons. The number of nitrogens with two attached hydrogens (primary N) is 1. The average Bonchev–Trinajstić information content (AvgIpc) is 3.29. The van der Waals surface area contributed by atoms with Crippen molar-refractivity contribution in [2.75, 3.05) is 19.7 Å². The predicted molar refractivity (Wildman–Crippen MR) is 83.0 cm³/mol. The molecular weight excluding hydrogens is 266 g/mol. The van der Waals surface area contributed by atoms with Crippen LogP contribution in [-0.2, 0) is 0 Å². The highest BCUT2D eigenvalue weighted by Crippen LogP contribution is 2.30. The lowest BCUT2D eigenvalue weighted by molar-refractivity contribution is 0.0948.